The van der Waals surface area contributed by atoms with Crippen molar-refractivity contribution in [3.05, 3.63) is 0 Å². The van der Waals surface area contributed by atoms with Crippen molar-refractivity contribution >= 4 is 11.9 Å². The summed E-state index contributed by atoms with van der Waals surface area (Å²) in [5.41, 5.74) is 5.39. The Balaban J connectivity index is 4.32. The molecule has 5 nitrogen and oxygen atoms in total. The minimum atomic E-state index is -0.670. The van der Waals surface area contributed by atoms with Crippen LogP contribution in [0.25, 0.3) is 0 Å². The Morgan fingerprint density at radius 2 is 1.80 bits per heavy atom. The number of carbonyl (C=O) groups excluding carboxylic acids is 2. The molecule has 0 rings (SSSR count). The minimum Gasteiger partial charge on any atom is -0.467 e. The quantitative estimate of drug-likeness (QED) is 0.652. The molecule has 0 aliphatic heterocycles. The highest BCUT2D eigenvalue weighted by Gasteiger charge is 2.29. The maximum absolute atomic E-state index is 11.6. The summed E-state index contributed by atoms with van der Waals surface area (Å²) in [6.45, 7) is 7.14. The molecule has 1 unspecified atom stereocenters. The van der Waals surface area contributed by atoms with E-state index in [1.54, 1.807) is 6.92 Å². The van der Waals surface area contributed by atoms with Crippen LogP contribution >= 0.6 is 0 Å². The first-order chi connectivity index (χ1) is 6.70. The van der Waals surface area contributed by atoms with Crippen molar-refractivity contribution < 1.29 is 14.3 Å². The van der Waals surface area contributed by atoms with Gasteiger partial charge in [0.15, 0.2) is 0 Å². The molecule has 0 heterocycles. The molecule has 15 heavy (non-hydrogen) atoms. The molecule has 0 radical (unpaired) electrons. The van der Waals surface area contributed by atoms with Crippen molar-refractivity contribution in [2.24, 2.45) is 11.1 Å². The highest BCUT2D eigenvalue weighted by atomic mass is 16.5. The summed E-state index contributed by atoms with van der Waals surface area (Å²) in [5.74, 6) is -0.829. The Labute approximate surface area is 90.4 Å². The Morgan fingerprint density at radius 1 is 1.33 bits per heavy atom. The number of nitrogens with one attached hydrogen (secondary N) is 1. The maximum atomic E-state index is 11.6. The molecule has 2 atom stereocenters. The van der Waals surface area contributed by atoms with Crippen molar-refractivity contribution in [2.45, 2.75) is 39.8 Å². The van der Waals surface area contributed by atoms with Gasteiger partial charge in [-0.2, -0.15) is 0 Å². The first kappa shape index (κ1) is 13.9. The lowest BCUT2D eigenvalue weighted by Gasteiger charge is -2.26. The average Bonchev–Trinajstić information content (AvgIpc) is 2.13. The zero-order valence-electron chi connectivity index (χ0n) is 9.96. The van der Waals surface area contributed by atoms with Crippen molar-refractivity contribution in [3.63, 3.8) is 0 Å². The lowest BCUT2D eigenvalue weighted by atomic mass is 9.87. The monoisotopic (exact) mass is 216 g/mol. The van der Waals surface area contributed by atoms with E-state index in [2.05, 4.69) is 10.1 Å². The lowest BCUT2D eigenvalue weighted by Crippen LogP contribution is -2.52. The summed E-state index contributed by atoms with van der Waals surface area (Å²) in [4.78, 5) is 22.6. The molecule has 0 aromatic rings. The summed E-state index contributed by atoms with van der Waals surface area (Å²) >= 11 is 0. The fraction of sp³-hybridized carbons (Fsp3) is 0.800. The molecule has 3 N–H and O–H groups in total. The summed E-state index contributed by atoms with van der Waals surface area (Å²) in [7, 11) is 1.27. The summed E-state index contributed by atoms with van der Waals surface area (Å²) < 4.78 is 4.48. The zero-order chi connectivity index (χ0) is 12.2. The van der Waals surface area contributed by atoms with Crippen LogP contribution in [0.15, 0.2) is 0 Å². The van der Waals surface area contributed by atoms with Gasteiger partial charge in [0.2, 0.25) is 5.91 Å². The topological polar surface area (TPSA) is 81.4 Å². The fourth-order valence-electron chi connectivity index (χ4n) is 0.932. The fourth-order valence-corrected chi connectivity index (χ4v) is 0.932. The third kappa shape index (κ3) is 4.29. The first-order valence-corrected chi connectivity index (χ1v) is 4.84. The smallest absolute Gasteiger partial charge is 0.328 e. The van der Waals surface area contributed by atoms with Gasteiger partial charge < -0.3 is 15.8 Å². The predicted octanol–water partition coefficient (Wildman–Crippen LogP) is 0.0375. The second kappa shape index (κ2) is 5.11. The molecule has 5 heteroatoms. The van der Waals surface area contributed by atoms with E-state index in [9.17, 15) is 9.59 Å². The molecule has 0 saturated carbocycles. The number of rotatable bonds is 3. The molecule has 0 saturated heterocycles. The SMILES string of the molecule is COC(=O)C(C)NC(=O)[C@@H](N)C(C)(C)C. The molecule has 0 fully saturated rings. The highest BCUT2D eigenvalue weighted by molar-refractivity contribution is 5.87. The van der Waals surface area contributed by atoms with Crippen LogP contribution in [0.3, 0.4) is 0 Å². The minimum absolute atomic E-state index is 0.333. The van der Waals surface area contributed by atoms with Gasteiger partial charge in [-0.25, -0.2) is 4.79 Å². The van der Waals surface area contributed by atoms with Crippen LogP contribution < -0.4 is 11.1 Å². The Hall–Kier alpha value is -1.10. The van der Waals surface area contributed by atoms with E-state index in [1.807, 2.05) is 20.8 Å². The number of esters is 1. The summed E-state index contributed by atoms with van der Waals surface area (Å²) in [6, 6.07) is -1.32. The molecule has 1 amide bonds. The third-order valence-electron chi connectivity index (χ3n) is 2.13. The van der Waals surface area contributed by atoms with E-state index in [0.717, 1.165) is 0 Å². The van der Waals surface area contributed by atoms with E-state index in [-0.39, 0.29) is 11.3 Å². The molecular formula is C10H20N2O3. The Kier molecular flexibility index (Phi) is 4.74. The predicted molar refractivity (Wildman–Crippen MR) is 57.1 cm³/mol. The number of hydrogen-bond donors (Lipinski definition) is 2. The third-order valence-corrected chi connectivity index (χ3v) is 2.13. The summed E-state index contributed by atoms with van der Waals surface area (Å²) in [6.07, 6.45) is 0. The largest absolute Gasteiger partial charge is 0.467 e. The molecule has 0 aromatic carbocycles. The summed E-state index contributed by atoms with van der Waals surface area (Å²) in [5, 5.41) is 2.50. The maximum Gasteiger partial charge on any atom is 0.328 e. The van der Waals surface area contributed by atoms with Gasteiger partial charge in [0.05, 0.1) is 13.2 Å². The van der Waals surface area contributed by atoms with Crippen LogP contribution in [0.5, 0.6) is 0 Å². The number of carbonyl (C=O) groups is 2. The standard InChI is InChI=1S/C10H20N2O3/c1-6(9(14)15-5)12-8(13)7(11)10(2,3)4/h6-7H,11H2,1-5H3,(H,12,13)/t6?,7-/m1/s1. The molecule has 0 aromatic heterocycles. The first-order valence-electron chi connectivity index (χ1n) is 4.84. The van der Waals surface area contributed by atoms with Crippen molar-refractivity contribution in [3.8, 4) is 0 Å². The van der Waals surface area contributed by atoms with E-state index in [0.29, 0.717) is 0 Å². The average molecular weight is 216 g/mol. The normalized spacial score (nSPS) is 15.3. The van der Waals surface area contributed by atoms with Gasteiger partial charge in [0.1, 0.15) is 6.04 Å². The number of nitrogens with two attached hydrogens (primary N) is 1. The van der Waals surface area contributed by atoms with Gasteiger partial charge in [0, 0.05) is 0 Å². The van der Waals surface area contributed by atoms with E-state index in [4.69, 9.17) is 5.73 Å². The molecule has 88 valence electrons. The van der Waals surface area contributed by atoms with Crippen LogP contribution in [-0.4, -0.2) is 31.1 Å². The van der Waals surface area contributed by atoms with Gasteiger partial charge in [-0.3, -0.25) is 4.79 Å². The van der Waals surface area contributed by atoms with Gasteiger partial charge in [0.25, 0.3) is 0 Å². The van der Waals surface area contributed by atoms with Crippen molar-refractivity contribution in [2.75, 3.05) is 7.11 Å². The van der Waals surface area contributed by atoms with Crippen LogP contribution in [0.1, 0.15) is 27.7 Å². The van der Waals surface area contributed by atoms with E-state index >= 15 is 0 Å². The molecule has 0 aliphatic rings. The Morgan fingerprint density at radius 3 is 2.13 bits per heavy atom. The number of amides is 1. The van der Waals surface area contributed by atoms with Gasteiger partial charge in [-0.15, -0.1) is 0 Å². The molecule has 0 bridgehead atoms. The van der Waals surface area contributed by atoms with Gasteiger partial charge in [-0.05, 0) is 12.3 Å². The Bertz CT molecular complexity index is 246. The lowest BCUT2D eigenvalue weighted by molar-refractivity contribution is -0.145. The number of methoxy groups -OCH3 is 1. The van der Waals surface area contributed by atoms with E-state index < -0.39 is 18.1 Å². The van der Waals surface area contributed by atoms with Crippen LogP contribution in [0.4, 0.5) is 0 Å². The number of hydrogen-bond acceptors (Lipinski definition) is 4. The van der Waals surface area contributed by atoms with Gasteiger partial charge >= 0.3 is 5.97 Å². The van der Waals surface area contributed by atoms with Crippen LogP contribution in [0.2, 0.25) is 0 Å². The van der Waals surface area contributed by atoms with Crippen molar-refractivity contribution in [1.29, 1.82) is 0 Å². The molecular weight excluding hydrogens is 196 g/mol. The van der Waals surface area contributed by atoms with Gasteiger partial charge in [-0.1, -0.05) is 20.8 Å². The second-order valence-electron chi connectivity index (χ2n) is 4.60. The second-order valence-corrected chi connectivity index (χ2v) is 4.60. The molecule has 0 spiro atoms. The zero-order valence-corrected chi connectivity index (χ0v) is 9.96. The number of ether oxygens (including phenoxy) is 1. The van der Waals surface area contributed by atoms with Crippen LogP contribution in [-0.2, 0) is 14.3 Å². The van der Waals surface area contributed by atoms with Crippen molar-refractivity contribution in [1.82, 2.24) is 5.32 Å². The van der Waals surface area contributed by atoms with Crippen LogP contribution in [0, 0.1) is 5.41 Å². The van der Waals surface area contributed by atoms with E-state index in [1.165, 1.54) is 7.11 Å². The highest BCUT2D eigenvalue weighted by Crippen LogP contribution is 2.17. The molecule has 0 aliphatic carbocycles.